The smallest absolute Gasteiger partial charge is 0.325 e. The molecule has 1 unspecified atom stereocenters. The van der Waals surface area contributed by atoms with E-state index in [0.29, 0.717) is 5.84 Å². The number of alkyl halides is 3. The van der Waals surface area contributed by atoms with Crippen molar-refractivity contribution in [3.05, 3.63) is 29.8 Å². The summed E-state index contributed by atoms with van der Waals surface area (Å²) in [5.41, 5.74) is -1.31. The van der Waals surface area contributed by atoms with Gasteiger partial charge in [0.1, 0.15) is 5.04 Å². The zero-order valence-corrected chi connectivity index (χ0v) is 18.5. The predicted molar refractivity (Wildman–Crippen MR) is 115 cm³/mol. The number of thioether (sulfide) groups is 1. The lowest BCUT2D eigenvalue weighted by Crippen LogP contribution is -2.55. The Morgan fingerprint density at radius 1 is 1.25 bits per heavy atom. The van der Waals surface area contributed by atoms with Crippen molar-refractivity contribution >= 4 is 52.0 Å². The van der Waals surface area contributed by atoms with Gasteiger partial charge in [0.05, 0.1) is 31.1 Å². The Kier molecular flexibility index (Phi) is 6.54. The molecule has 0 fully saturated rings. The van der Waals surface area contributed by atoms with Crippen LogP contribution in [0.2, 0.25) is 0 Å². The highest BCUT2D eigenvalue weighted by atomic mass is 32.2. The van der Waals surface area contributed by atoms with Gasteiger partial charge in [-0.1, -0.05) is 42.7 Å². The molecule has 0 aromatic heterocycles. The molecule has 0 saturated heterocycles. The molecule has 170 valence electrons. The Balaban J connectivity index is 1.84. The van der Waals surface area contributed by atoms with E-state index in [0.717, 1.165) is 22.7 Å². The number of hydrogen-bond donors (Lipinski definition) is 1. The summed E-state index contributed by atoms with van der Waals surface area (Å²) in [5, 5.41) is 2.53. The molecule has 4 amide bonds. The van der Waals surface area contributed by atoms with Gasteiger partial charge in [-0.2, -0.15) is 22.6 Å². The van der Waals surface area contributed by atoms with Crippen LogP contribution in [0.3, 0.4) is 0 Å². The zero-order valence-electron chi connectivity index (χ0n) is 17.7. The van der Waals surface area contributed by atoms with Crippen molar-refractivity contribution in [1.29, 1.82) is 0 Å². The number of aliphatic imine (C=N–C) groups is 2. The molecule has 1 aromatic carbocycles. The minimum atomic E-state index is -4.62. The lowest BCUT2D eigenvalue weighted by molar-refractivity contribution is -0.407. The molecular weight excluding hydrogens is 447 g/mol. The van der Waals surface area contributed by atoms with Gasteiger partial charge in [0.15, 0.2) is 5.92 Å². The van der Waals surface area contributed by atoms with Crippen LogP contribution in [0.5, 0.6) is 0 Å². The van der Waals surface area contributed by atoms with Crippen molar-refractivity contribution in [3.63, 3.8) is 0 Å². The zero-order chi connectivity index (χ0) is 23.8. The van der Waals surface area contributed by atoms with Gasteiger partial charge < -0.3 is 5.32 Å². The molecule has 3 rings (SSSR count). The standard InChI is InChI=1S/C20H20F3N5O3S/c1-10(2)15-25-16-14(18(30)28(4)19(31)27(16)3)17(26-15)32-9-13(29)24-12-8-6-5-7-11(12)20(21,22)23/h5-8,10,14H,9H2,1-4H3/p+1. The summed E-state index contributed by atoms with van der Waals surface area (Å²) in [4.78, 5) is 47.2. The van der Waals surface area contributed by atoms with Gasteiger partial charge in [-0.15, -0.1) is 0 Å². The van der Waals surface area contributed by atoms with Crippen LogP contribution in [0.15, 0.2) is 34.3 Å². The Hall–Kier alpha value is -3.02. The molecule has 1 N–H and O–H groups in total. The monoisotopic (exact) mass is 468 g/mol. The van der Waals surface area contributed by atoms with Crippen molar-refractivity contribution in [2.24, 2.45) is 21.8 Å². The second-order valence-corrected chi connectivity index (χ2v) is 8.48. The van der Waals surface area contributed by atoms with E-state index < -0.39 is 35.5 Å². The summed E-state index contributed by atoms with van der Waals surface area (Å²) in [7, 11) is 2.83. The number of halogens is 3. The van der Waals surface area contributed by atoms with E-state index in [2.05, 4.69) is 15.3 Å². The van der Waals surface area contributed by atoms with Crippen LogP contribution >= 0.6 is 11.8 Å². The highest BCUT2D eigenvalue weighted by Crippen LogP contribution is 2.34. The Labute approximate surface area is 186 Å². The molecule has 0 radical (unpaired) electrons. The van der Waals surface area contributed by atoms with Crippen molar-refractivity contribution in [2.45, 2.75) is 20.0 Å². The van der Waals surface area contributed by atoms with Crippen LogP contribution in [-0.2, 0) is 15.8 Å². The average Bonchev–Trinajstić information content (AvgIpc) is 2.73. The van der Waals surface area contributed by atoms with Gasteiger partial charge >= 0.3 is 18.1 Å². The first-order valence-corrected chi connectivity index (χ1v) is 10.6. The fourth-order valence-corrected chi connectivity index (χ4v) is 4.01. The molecule has 1 aromatic rings. The number of amides is 4. The number of hydrogen-bond acceptors (Lipinski definition) is 6. The van der Waals surface area contributed by atoms with E-state index in [4.69, 9.17) is 0 Å². The summed E-state index contributed by atoms with van der Waals surface area (Å²) >= 11 is 0.924. The second-order valence-electron chi connectivity index (χ2n) is 7.48. The van der Waals surface area contributed by atoms with Crippen molar-refractivity contribution in [2.75, 3.05) is 25.2 Å². The highest BCUT2D eigenvalue weighted by Gasteiger charge is 2.49. The molecule has 2 heterocycles. The second kappa shape index (κ2) is 8.85. The molecule has 1 atom stereocenters. The van der Waals surface area contributed by atoms with E-state index >= 15 is 0 Å². The molecule has 2 aliphatic heterocycles. The SMILES string of the molecule is CC(C)C1=NC2=[N+](C)C(=O)N(C)C(=O)C2C(SCC(=O)Nc2ccccc2C(F)(F)F)=N1. The normalized spacial score (nSPS) is 19.1. The number of carbonyl (C=O) groups excluding carboxylic acids is 3. The number of amidine groups is 2. The van der Waals surface area contributed by atoms with E-state index in [1.165, 1.54) is 36.9 Å². The van der Waals surface area contributed by atoms with Crippen LogP contribution in [0, 0.1) is 11.8 Å². The number of urea groups is 1. The van der Waals surface area contributed by atoms with Crippen LogP contribution in [0.25, 0.3) is 0 Å². The maximum absolute atomic E-state index is 13.2. The molecular formula is C20H21F3N5O3S+. The van der Waals surface area contributed by atoms with E-state index in [9.17, 15) is 27.6 Å². The van der Waals surface area contributed by atoms with Gasteiger partial charge in [-0.3, -0.25) is 9.59 Å². The van der Waals surface area contributed by atoms with Gasteiger partial charge in [-0.25, -0.2) is 9.79 Å². The van der Waals surface area contributed by atoms with Crippen molar-refractivity contribution in [1.82, 2.24) is 4.90 Å². The maximum atomic E-state index is 13.2. The highest BCUT2D eigenvalue weighted by molar-refractivity contribution is 8.14. The first kappa shape index (κ1) is 23.6. The summed E-state index contributed by atoms with van der Waals surface area (Å²) in [5.74, 6) is -2.00. The van der Waals surface area contributed by atoms with E-state index in [-0.39, 0.29) is 28.2 Å². The van der Waals surface area contributed by atoms with Crippen molar-refractivity contribution in [3.8, 4) is 0 Å². The Bertz CT molecular complexity index is 1080. The minimum Gasteiger partial charge on any atom is -0.325 e. The fraction of sp³-hybridized carbons (Fsp3) is 0.400. The first-order valence-electron chi connectivity index (χ1n) is 9.60. The summed E-state index contributed by atoms with van der Waals surface area (Å²) < 4.78 is 40.7. The third kappa shape index (κ3) is 4.59. The number of nitrogens with one attached hydrogen (secondary N) is 1. The molecule has 0 saturated carbocycles. The minimum absolute atomic E-state index is 0.121. The van der Waals surface area contributed by atoms with Crippen LogP contribution < -0.4 is 5.32 Å². The lowest BCUT2D eigenvalue weighted by atomic mass is 10.0. The molecule has 32 heavy (non-hydrogen) atoms. The van der Waals surface area contributed by atoms with Crippen molar-refractivity contribution < 1.29 is 32.1 Å². The van der Waals surface area contributed by atoms with Gasteiger partial charge in [0, 0.05) is 5.92 Å². The number of nitrogens with zero attached hydrogens (tertiary/aromatic N) is 4. The number of carbonyl (C=O) groups is 3. The van der Waals surface area contributed by atoms with Crippen LogP contribution in [0.4, 0.5) is 23.7 Å². The first-order chi connectivity index (χ1) is 14.9. The summed E-state index contributed by atoms with van der Waals surface area (Å²) in [6.07, 6.45) is -4.62. The summed E-state index contributed by atoms with van der Waals surface area (Å²) in [6, 6.07) is 4.13. The maximum Gasteiger partial charge on any atom is 0.445 e. The predicted octanol–water partition coefficient (Wildman–Crippen LogP) is 3.09. The molecule has 12 heteroatoms. The largest absolute Gasteiger partial charge is 0.445 e. The number of para-hydroxylation sites is 1. The number of fused-ring (bicyclic) bond motifs is 1. The number of rotatable bonds is 4. The van der Waals surface area contributed by atoms with E-state index in [1.807, 2.05) is 13.8 Å². The topological polar surface area (TPSA) is 94.2 Å². The molecule has 0 aliphatic carbocycles. The van der Waals surface area contributed by atoms with E-state index in [1.54, 1.807) is 0 Å². The number of anilines is 1. The Morgan fingerprint density at radius 2 is 1.91 bits per heavy atom. The summed E-state index contributed by atoms with van der Waals surface area (Å²) in [6.45, 7) is 3.68. The number of imide groups is 1. The lowest BCUT2D eigenvalue weighted by Gasteiger charge is -2.27. The molecule has 2 aliphatic rings. The fourth-order valence-electron chi connectivity index (χ4n) is 3.13. The Morgan fingerprint density at radius 3 is 2.53 bits per heavy atom. The third-order valence-corrected chi connectivity index (χ3v) is 5.86. The molecule has 8 nitrogen and oxygen atoms in total. The van der Waals surface area contributed by atoms with Gasteiger partial charge in [0.2, 0.25) is 11.7 Å². The van der Waals surface area contributed by atoms with Gasteiger partial charge in [-0.05, 0) is 12.1 Å². The molecule has 0 spiro atoms. The molecule has 0 bridgehead atoms. The number of benzene rings is 1. The van der Waals surface area contributed by atoms with Gasteiger partial charge in [0.25, 0.3) is 5.84 Å². The average molecular weight is 468 g/mol. The quantitative estimate of drug-likeness (QED) is 0.688. The van der Waals surface area contributed by atoms with Crippen LogP contribution in [-0.4, -0.2) is 63.9 Å². The van der Waals surface area contributed by atoms with Crippen LogP contribution in [0.1, 0.15) is 19.4 Å². The third-order valence-electron chi connectivity index (χ3n) is 4.83.